The van der Waals surface area contributed by atoms with Crippen LogP contribution in [-0.2, 0) is 28.6 Å². The number of esters is 3. The molecule has 4 rings (SSSR count). The van der Waals surface area contributed by atoms with E-state index in [1.54, 1.807) is 0 Å². The van der Waals surface area contributed by atoms with Gasteiger partial charge >= 0.3 is 17.9 Å². The van der Waals surface area contributed by atoms with Crippen LogP contribution >= 0.6 is 0 Å². The summed E-state index contributed by atoms with van der Waals surface area (Å²) in [5.41, 5.74) is 0.436. The van der Waals surface area contributed by atoms with Crippen molar-refractivity contribution in [2.24, 2.45) is 40.4 Å². The van der Waals surface area contributed by atoms with Gasteiger partial charge in [0, 0.05) is 26.7 Å². The maximum atomic E-state index is 11.8. The van der Waals surface area contributed by atoms with Gasteiger partial charge in [-0.15, -0.1) is 0 Å². The molecule has 0 heterocycles. The average molecular weight is 463 g/mol. The fourth-order valence-corrected chi connectivity index (χ4v) is 8.86. The Morgan fingerprint density at radius 1 is 0.818 bits per heavy atom. The Morgan fingerprint density at radius 2 is 1.52 bits per heavy atom. The van der Waals surface area contributed by atoms with E-state index in [2.05, 4.69) is 13.8 Å². The second kappa shape index (κ2) is 9.22. The number of hydrogen-bond donors (Lipinski definition) is 0. The van der Waals surface area contributed by atoms with Crippen molar-refractivity contribution in [1.29, 1.82) is 0 Å². The van der Waals surface area contributed by atoms with E-state index in [-0.39, 0.29) is 48.1 Å². The van der Waals surface area contributed by atoms with Gasteiger partial charge in [-0.05, 0) is 92.3 Å². The van der Waals surface area contributed by atoms with Crippen LogP contribution in [0.15, 0.2) is 0 Å². The number of rotatable bonds is 5. The number of hydrogen-bond acceptors (Lipinski definition) is 6. The minimum atomic E-state index is -0.357. The molecule has 0 saturated heterocycles. The molecule has 0 spiro atoms. The molecule has 4 aliphatic carbocycles. The molecular formula is C27H42O6. The van der Waals surface area contributed by atoms with E-state index < -0.39 is 0 Å². The highest BCUT2D eigenvalue weighted by molar-refractivity contribution is 5.67. The Labute approximate surface area is 198 Å². The predicted octanol–water partition coefficient (Wildman–Crippen LogP) is 5.07. The predicted molar refractivity (Wildman–Crippen MR) is 123 cm³/mol. The third-order valence-corrected chi connectivity index (χ3v) is 10.2. The van der Waals surface area contributed by atoms with Gasteiger partial charge in [0.05, 0.1) is 0 Å². The zero-order valence-electron chi connectivity index (χ0n) is 21.1. The number of carbonyl (C=O) groups excluding carboxylic acids is 3. The average Bonchev–Trinajstić information content (AvgIpc) is 3.08. The summed E-state index contributed by atoms with van der Waals surface area (Å²) in [5, 5.41) is 0. The lowest BCUT2D eigenvalue weighted by Crippen LogP contribution is -2.55. The fourth-order valence-electron chi connectivity index (χ4n) is 8.86. The number of carbonyl (C=O) groups is 3. The van der Waals surface area contributed by atoms with Crippen LogP contribution in [0.25, 0.3) is 0 Å². The van der Waals surface area contributed by atoms with Crippen molar-refractivity contribution in [3.8, 4) is 0 Å². The minimum absolute atomic E-state index is 0.0904. The summed E-state index contributed by atoms with van der Waals surface area (Å²) in [6.07, 6.45) is 9.87. The zero-order valence-corrected chi connectivity index (χ0v) is 21.1. The van der Waals surface area contributed by atoms with Gasteiger partial charge in [0.25, 0.3) is 0 Å². The standard InChI is InChI=1S/C27H42O6/c1-16(28)31-15-25(33-18(3)30)24-9-8-22-21-7-6-19-14-20(32-17(2)29)10-12-26(19,4)23(21)11-13-27(22,24)5/h19-25H,6-15H2,1-5H3/t19-,20+,21-,22-,23-,24+,25-,26-,27-/m0/s1. The van der Waals surface area contributed by atoms with E-state index in [9.17, 15) is 14.4 Å². The number of fused-ring (bicyclic) bond motifs is 5. The molecular weight excluding hydrogens is 420 g/mol. The van der Waals surface area contributed by atoms with Gasteiger partial charge in [0.15, 0.2) is 0 Å². The van der Waals surface area contributed by atoms with Crippen molar-refractivity contribution in [2.75, 3.05) is 6.61 Å². The van der Waals surface area contributed by atoms with Crippen LogP contribution in [-0.4, -0.2) is 36.7 Å². The molecule has 0 unspecified atom stereocenters. The molecule has 0 aliphatic heterocycles. The summed E-state index contributed by atoms with van der Waals surface area (Å²) in [4.78, 5) is 34.8. The molecule has 4 aliphatic rings. The third kappa shape index (κ3) is 4.55. The van der Waals surface area contributed by atoms with Gasteiger partial charge in [0.2, 0.25) is 0 Å². The molecule has 9 atom stereocenters. The van der Waals surface area contributed by atoms with Crippen molar-refractivity contribution in [3.63, 3.8) is 0 Å². The van der Waals surface area contributed by atoms with Gasteiger partial charge in [-0.25, -0.2) is 0 Å². The highest BCUT2D eigenvalue weighted by atomic mass is 16.6. The maximum absolute atomic E-state index is 11.8. The Morgan fingerprint density at radius 3 is 2.18 bits per heavy atom. The second-order valence-electron chi connectivity index (χ2n) is 11.8. The first-order valence-electron chi connectivity index (χ1n) is 13.0. The van der Waals surface area contributed by atoms with Crippen LogP contribution in [0, 0.1) is 40.4 Å². The zero-order chi connectivity index (χ0) is 24.0. The third-order valence-electron chi connectivity index (χ3n) is 10.2. The lowest BCUT2D eigenvalue weighted by molar-refractivity contribution is -0.171. The van der Waals surface area contributed by atoms with Crippen LogP contribution in [0.4, 0.5) is 0 Å². The highest BCUT2D eigenvalue weighted by Crippen LogP contribution is 2.68. The minimum Gasteiger partial charge on any atom is -0.463 e. The molecule has 0 radical (unpaired) electrons. The fraction of sp³-hybridized carbons (Fsp3) is 0.889. The monoisotopic (exact) mass is 462 g/mol. The summed E-state index contributed by atoms with van der Waals surface area (Å²) in [5.74, 6) is 2.13. The first-order chi connectivity index (χ1) is 15.5. The molecule has 4 fully saturated rings. The summed E-state index contributed by atoms with van der Waals surface area (Å²) >= 11 is 0. The maximum Gasteiger partial charge on any atom is 0.303 e. The SMILES string of the molecule is CC(=O)OC[C@H](OC(C)=O)[C@H]1CC[C@H]2[C@@H]3CC[C@H]4C[C@H](OC(C)=O)CC[C@]4(C)[C@H]3CC[C@]12C. The van der Waals surface area contributed by atoms with Crippen LogP contribution < -0.4 is 0 Å². The van der Waals surface area contributed by atoms with E-state index in [1.807, 2.05) is 0 Å². The van der Waals surface area contributed by atoms with E-state index in [1.165, 1.54) is 40.0 Å². The van der Waals surface area contributed by atoms with E-state index >= 15 is 0 Å². The van der Waals surface area contributed by atoms with Crippen molar-refractivity contribution < 1.29 is 28.6 Å². The molecule has 4 saturated carbocycles. The van der Waals surface area contributed by atoms with Crippen LogP contribution in [0.2, 0.25) is 0 Å². The summed E-state index contributed by atoms with van der Waals surface area (Å²) in [6, 6.07) is 0. The molecule has 186 valence electrons. The topological polar surface area (TPSA) is 78.9 Å². The Kier molecular flexibility index (Phi) is 6.85. The summed E-state index contributed by atoms with van der Waals surface area (Å²) < 4.78 is 16.6. The lowest BCUT2D eigenvalue weighted by atomic mass is 9.44. The molecule has 6 nitrogen and oxygen atoms in total. The summed E-state index contributed by atoms with van der Waals surface area (Å²) in [6.45, 7) is 9.45. The smallest absolute Gasteiger partial charge is 0.303 e. The molecule has 0 aromatic rings. The molecule has 0 amide bonds. The Hall–Kier alpha value is -1.59. The molecule has 0 bridgehead atoms. The van der Waals surface area contributed by atoms with Gasteiger partial charge in [-0.2, -0.15) is 0 Å². The molecule has 0 aromatic carbocycles. The van der Waals surface area contributed by atoms with Crippen molar-refractivity contribution >= 4 is 17.9 Å². The van der Waals surface area contributed by atoms with Crippen LogP contribution in [0.1, 0.15) is 92.4 Å². The summed E-state index contributed by atoms with van der Waals surface area (Å²) in [7, 11) is 0. The van der Waals surface area contributed by atoms with Crippen molar-refractivity contribution in [1.82, 2.24) is 0 Å². The van der Waals surface area contributed by atoms with E-state index in [4.69, 9.17) is 14.2 Å². The van der Waals surface area contributed by atoms with Gasteiger partial charge < -0.3 is 14.2 Å². The normalized spacial score (nSPS) is 42.8. The second-order valence-corrected chi connectivity index (χ2v) is 11.8. The van der Waals surface area contributed by atoms with E-state index in [0.717, 1.165) is 38.5 Å². The molecule has 0 aromatic heterocycles. The van der Waals surface area contributed by atoms with Gasteiger partial charge in [0.1, 0.15) is 18.8 Å². The Bertz CT molecular complexity index is 779. The van der Waals surface area contributed by atoms with Gasteiger partial charge in [-0.1, -0.05) is 13.8 Å². The molecule has 6 heteroatoms. The first-order valence-corrected chi connectivity index (χ1v) is 13.0. The van der Waals surface area contributed by atoms with Crippen LogP contribution in [0.3, 0.4) is 0 Å². The Balaban J connectivity index is 1.50. The quantitative estimate of drug-likeness (QED) is 0.419. The highest BCUT2D eigenvalue weighted by Gasteiger charge is 2.61. The molecule has 33 heavy (non-hydrogen) atoms. The largest absolute Gasteiger partial charge is 0.463 e. The van der Waals surface area contributed by atoms with Gasteiger partial charge in [-0.3, -0.25) is 14.4 Å². The van der Waals surface area contributed by atoms with Crippen LogP contribution in [0.5, 0.6) is 0 Å². The van der Waals surface area contributed by atoms with Crippen molar-refractivity contribution in [3.05, 3.63) is 0 Å². The first kappa shape index (κ1) is 24.5. The lowest BCUT2D eigenvalue weighted by Gasteiger charge is -2.61. The van der Waals surface area contributed by atoms with Crippen molar-refractivity contribution in [2.45, 2.75) is 105 Å². The number of ether oxygens (including phenoxy) is 3. The van der Waals surface area contributed by atoms with E-state index in [0.29, 0.717) is 29.1 Å². The molecule has 0 N–H and O–H groups in total.